The van der Waals surface area contributed by atoms with E-state index < -0.39 is 11.9 Å². The molecule has 0 aliphatic heterocycles. The van der Waals surface area contributed by atoms with Gasteiger partial charge in [0, 0.05) is 6.08 Å². The predicted molar refractivity (Wildman–Crippen MR) is 48.1 cm³/mol. The molecule has 0 unspecified atom stereocenters. The summed E-state index contributed by atoms with van der Waals surface area (Å²) in [6, 6.07) is 2.92. The minimum absolute atomic E-state index is 0.0231. The smallest absolute Gasteiger partial charge is 0.371 e. The number of carboxylic acids is 2. The molecule has 0 spiro atoms. The molecule has 0 aliphatic rings. The molecule has 5 nitrogen and oxygen atoms in total. The van der Waals surface area contributed by atoms with Gasteiger partial charge in [-0.3, -0.25) is 0 Å². The number of aliphatic carboxylic acids is 1. The van der Waals surface area contributed by atoms with Crippen LogP contribution >= 0.6 is 0 Å². The molecule has 1 heterocycles. The van der Waals surface area contributed by atoms with E-state index in [9.17, 15) is 9.59 Å². The van der Waals surface area contributed by atoms with Gasteiger partial charge in [0.1, 0.15) is 0 Å². The SMILES string of the molecule is C/C=C/C(=O)O.O=C(O)c1ccco1. The first-order valence-corrected chi connectivity index (χ1v) is 3.70. The van der Waals surface area contributed by atoms with E-state index in [1.807, 2.05) is 0 Å². The van der Waals surface area contributed by atoms with Gasteiger partial charge in [-0.1, -0.05) is 6.08 Å². The number of hydrogen-bond acceptors (Lipinski definition) is 3. The van der Waals surface area contributed by atoms with Gasteiger partial charge in [0.2, 0.25) is 5.76 Å². The Labute approximate surface area is 80.3 Å². The summed E-state index contributed by atoms with van der Waals surface area (Å²) < 4.78 is 4.50. The fraction of sp³-hybridized carbons (Fsp3) is 0.111. The van der Waals surface area contributed by atoms with Crippen molar-refractivity contribution in [3.8, 4) is 0 Å². The van der Waals surface area contributed by atoms with Gasteiger partial charge in [-0.2, -0.15) is 0 Å². The molecule has 5 heteroatoms. The van der Waals surface area contributed by atoms with Gasteiger partial charge >= 0.3 is 11.9 Å². The third kappa shape index (κ3) is 5.59. The van der Waals surface area contributed by atoms with Crippen molar-refractivity contribution < 1.29 is 24.2 Å². The van der Waals surface area contributed by atoms with E-state index in [2.05, 4.69) is 4.42 Å². The molecule has 0 saturated carbocycles. The van der Waals surface area contributed by atoms with Crippen molar-refractivity contribution in [3.05, 3.63) is 36.3 Å². The number of rotatable bonds is 2. The summed E-state index contributed by atoms with van der Waals surface area (Å²) in [6.07, 6.45) is 3.88. The molecule has 0 aliphatic carbocycles. The molecule has 0 fully saturated rings. The van der Waals surface area contributed by atoms with Crippen LogP contribution in [-0.2, 0) is 4.79 Å². The Kier molecular flexibility index (Phi) is 5.53. The van der Waals surface area contributed by atoms with Crippen molar-refractivity contribution in [3.63, 3.8) is 0 Å². The minimum atomic E-state index is -1.03. The van der Waals surface area contributed by atoms with Crippen LogP contribution in [0.5, 0.6) is 0 Å². The molecule has 1 aromatic rings. The Balaban J connectivity index is 0.000000255. The highest BCUT2D eigenvalue weighted by Crippen LogP contribution is 1.97. The fourth-order valence-corrected chi connectivity index (χ4v) is 0.543. The van der Waals surface area contributed by atoms with Crippen molar-refractivity contribution in [1.82, 2.24) is 0 Å². The Morgan fingerprint density at radius 1 is 1.43 bits per heavy atom. The van der Waals surface area contributed by atoms with Crippen LogP contribution in [0.1, 0.15) is 17.5 Å². The van der Waals surface area contributed by atoms with Crippen LogP contribution in [0.15, 0.2) is 35.0 Å². The van der Waals surface area contributed by atoms with E-state index in [0.717, 1.165) is 6.08 Å². The molecule has 0 atom stereocenters. The molecule has 2 N–H and O–H groups in total. The van der Waals surface area contributed by atoms with E-state index in [1.165, 1.54) is 24.5 Å². The summed E-state index contributed by atoms with van der Waals surface area (Å²) in [5, 5.41) is 16.0. The summed E-state index contributed by atoms with van der Waals surface area (Å²) in [7, 11) is 0. The van der Waals surface area contributed by atoms with E-state index in [4.69, 9.17) is 10.2 Å². The summed E-state index contributed by atoms with van der Waals surface area (Å²) >= 11 is 0. The van der Waals surface area contributed by atoms with Gasteiger partial charge in [-0.15, -0.1) is 0 Å². The molecule has 0 saturated heterocycles. The predicted octanol–water partition coefficient (Wildman–Crippen LogP) is 1.62. The second kappa shape index (κ2) is 6.47. The number of carbonyl (C=O) groups is 2. The number of furan rings is 1. The summed E-state index contributed by atoms with van der Waals surface area (Å²) in [6.45, 7) is 1.66. The largest absolute Gasteiger partial charge is 0.478 e. The van der Waals surface area contributed by atoms with Crippen molar-refractivity contribution in [2.45, 2.75) is 6.92 Å². The molecule has 0 radical (unpaired) electrons. The van der Waals surface area contributed by atoms with Crippen LogP contribution in [0, 0.1) is 0 Å². The zero-order valence-electron chi connectivity index (χ0n) is 7.51. The van der Waals surface area contributed by atoms with Crippen LogP contribution in [0.2, 0.25) is 0 Å². The second-order valence-electron chi connectivity index (χ2n) is 2.12. The van der Waals surface area contributed by atoms with Crippen LogP contribution in [-0.4, -0.2) is 22.2 Å². The standard InChI is InChI=1S/C5H4O3.C4H6O2/c6-5(7)4-2-1-3-8-4;1-2-3-4(5)6/h1-3H,(H,6,7);2-3H,1H3,(H,5,6)/b;3-2+. The Hall–Kier alpha value is -2.04. The van der Waals surface area contributed by atoms with E-state index in [-0.39, 0.29) is 5.76 Å². The van der Waals surface area contributed by atoms with Gasteiger partial charge < -0.3 is 14.6 Å². The lowest BCUT2D eigenvalue weighted by molar-refractivity contribution is -0.131. The molecule has 0 bridgehead atoms. The highest BCUT2D eigenvalue weighted by atomic mass is 16.4. The number of allylic oxidation sites excluding steroid dienone is 1. The Morgan fingerprint density at radius 3 is 2.21 bits per heavy atom. The molecule has 1 aromatic heterocycles. The first kappa shape index (κ1) is 12.0. The fourth-order valence-electron chi connectivity index (χ4n) is 0.543. The number of carboxylic acid groups (broad SMARTS) is 2. The first-order chi connectivity index (χ1) is 6.57. The normalized spacial score (nSPS) is 9.21. The summed E-state index contributed by atoms with van der Waals surface area (Å²) in [4.78, 5) is 19.5. The van der Waals surface area contributed by atoms with Crippen LogP contribution in [0.3, 0.4) is 0 Å². The third-order valence-corrected chi connectivity index (χ3v) is 1.04. The van der Waals surface area contributed by atoms with Gasteiger partial charge in [0.25, 0.3) is 0 Å². The topological polar surface area (TPSA) is 87.7 Å². The highest BCUT2D eigenvalue weighted by molar-refractivity contribution is 5.84. The van der Waals surface area contributed by atoms with Crippen molar-refractivity contribution in [2.24, 2.45) is 0 Å². The molecule has 0 amide bonds. The average molecular weight is 198 g/mol. The molecular formula is C9H10O5. The van der Waals surface area contributed by atoms with E-state index >= 15 is 0 Å². The van der Waals surface area contributed by atoms with Crippen LogP contribution in [0.25, 0.3) is 0 Å². The first-order valence-electron chi connectivity index (χ1n) is 3.70. The number of aromatic carboxylic acids is 1. The van der Waals surface area contributed by atoms with Gasteiger partial charge in [0.15, 0.2) is 0 Å². The zero-order valence-corrected chi connectivity index (χ0v) is 7.51. The molecule has 0 aromatic carbocycles. The summed E-state index contributed by atoms with van der Waals surface area (Å²) in [5.41, 5.74) is 0. The van der Waals surface area contributed by atoms with Crippen LogP contribution in [0.4, 0.5) is 0 Å². The number of hydrogen-bond donors (Lipinski definition) is 2. The van der Waals surface area contributed by atoms with Crippen molar-refractivity contribution >= 4 is 11.9 Å². The van der Waals surface area contributed by atoms with Crippen molar-refractivity contribution in [2.75, 3.05) is 0 Å². The molecule has 1 rings (SSSR count). The van der Waals surface area contributed by atoms with E-state index in [1.54, 1.807) is 6.92 Å². The van der Waals surface area contributed by atoms with Gasteiger partial charge in [0.05, 0.1) is 6.26 Å². The Bertz CT molecular complexity index is 310. The zero-order chi connectivity index (χ0) is 11.0. The van der Waals surface area contributed by atoms with Crippen LogP contribution < -0.4 is 0 Å². The third-order valence-electron chi connectivity index (χ3n) is 1.04. The maximum atomic E-state index is 9.97. The molecule has 14 heavy (non-hydrogen) atoms. The average Bonchev–Trinajstić information content (AvgIpc) is 2.56. The summed E-state index contributed by atoms with van der Waals surface area (Å²) in [5.74, 6) is -1.95. The highest BCUT2D eigenvalue weighted by Gasteiger charge is 2.01. The molecular weight excluding hydrogens is 188 g/mol. The van der Waals surface area contributed by atoms with Gasteiger partial charge in [-0.25, -0.2) is 9.59 Å². The maximum Gasteiger partial charge on any atom is 0.371 e. The van der Waals surface area contributed by atoms with E-state index in [0.29, 0.717) is 0 Å². The lowest BCUT2D eigenvalue weighted by atomic mass is 10.5. The lowest BCUT2D eigenvalue weighted by Gasteiger charge is -1.79. The molecule has 76 valence electrons. The van der Waals surface area contributed by atoms with Gasteiger partial charge in [-0.05, 0) is 19.1 Å². The second-order valence-corrected chi connectivity index (χ2v) is 2.12. The maximum absolute atomic E-state index is 9.97. The van der Waals surface area contributed by atoms with Crippen molar-refractivity contribution in [1.29, 1.82) is 0 Å². The lowest BCUT2D eigenvalue weighted by Crippen LogP contribution is -1.90. The Morgan fingerprint density at radius 2 is 2.07 bits per heavy atom. The quantitative estimate of drug-likeness (QED) is 0.705. The monoisotopic (exact) mass is 198 g/mol. The minimum Gasteiger partial charge on any atom is -0.478 e.